The third-order valence-electron chi connectivity index (χ3n) is 5.39. The molecular weight excluding hydrogens is 376 g/mol. The standard InChI is InChI=1S/C21H21F2N5O/c1-13-26-11-18(27(13)2)20-19(24-5-6-25-20)14-4-3-7-28(12-14)21(29)15-8-16(22)10-17(23)9-15/h5-6,8-11,14H,3-4,7,12H2,1-2H3/t14-/m1/s1. The van der Waals surface area contributed by atoms with Gasteiger partial charge in [0.15, 0.2) is 0 Å². The second-order valence-electron chi connectivity index (χ2n) is 7.29. The lowest BCUT2D eigenvalue weighted by Gasteiger charge is -2.33. The van der Waals surface area contributed by atoms with E-state index < -0.39 is 11.6 Å². The van der Waals surface area contributed by atoms with Crippen LogP contribution < -0.4 is 0 Å². The molecule has 1 saturated heterocycles. The van der Waals surface area contributed by atoms with Crippen LogP contribution >= 0.6 is 0 Å². The van der Waals surface area contributed by atoms with E-state index in [4.69, 9.17) is 0 Å². The minimum atomic E-state index is -0.760. The van der Waals surface area contributed by atoms with Crippen molar-refractivity contribution in [1.29, 1.82) is 0 Å². The molecule has 8 heteroatoms. The molecule has 29 heavy (non-hydrogen) atoms. The molecule has 2 aromatic heterocycles. The van der Waals surface area contributed by atoms with E-state index in [9.17, 15) is 13.6 Å². The molecule has 0 radical (unpaired) electrons. The molecule has 0 bridgehead atoms. The Labute approximate surface area is 167 Å². The van der Waals surface area contributed by atoms with Crippen molar-refractivity contribution < 1.29 is 13.6 Å². The second-order valence-corrected chi connectivity index (χ2v) is 7.29. The van der Waals surface area contributed by atoms with Crippen LogP contribution in [-0.2, 0) is 7.05 Å². The number of amides is 1. The molecule has 4 rings (SSSR count). The fraction of sp³-hybridized carbons (Fsp3) is 0.333. The monoisotopic (exact) mass is 397 g/mol. The first-order chi connectivity index (χ1) is 13.9. The van der Waals surface area contributed by atoms with E-state index in [2.05, 4.69) is 15.0 Å². The average Bonchev–Trinajstić information content (AvgIpc) is 3.05. The van der Waals surface area contributed by atoms with Crippen molar-refractivity contribution in [2.75, 3.05) is 13.1 Å². The van der Waals surface area contributed by atoms with Crippen molar-refractivity contribution >= 4 is 5.91 Å². The van der Waals surface area contributed by atoms with Gasteiger partial charge in [-0.3, -0.25) is 14.8 Å². The zero-order valence-corrected chi connectivity index (χ0v) is 16.3. The number of aromatic nitrogens is 4. The minimum Gasteiger partial charge on any atom is -0.338 e. The highest BCUT2D eigenvalue weighted by molar-refractivity contribution is 5.94. The maximum atomic E-state index is 13.5. The topological polar surface area (TPSA) is 63.9 Å². The van der Waals surface area contributed by atoms with Crippen LogP contribution in [0.25, 0.3) is 11.4 Å². The smallest absolute Gasteiger partial charge is 0.254 e. The lowest BCUT2D eigenvalue weighted by atomic mass is 9.92. The number of carbonyl (C=O) groups is 1. The molecule has 0 spiro atoms. The number of piperidine rings is 1. The molecule has 3 heterocycles. The van der Waals surface area contributed by atoms with Gasteiger partial charge in [-0.05, 0) is 31.9 Å². The van der Waals surface area contributed by atoms with Crippen molar-refractivity contribution in [2.45, 2.75) is 25.7 Å². The van der Waals surface area contributed by atoms with Gasteiger partial charge in [-0.25, -0.2) is 13.8 Å². The number of carbonyl (C=O) groups excluding carboxylic acids is 1. The molecule has 0 unspecified atom stereocenters. The molecule has 1 aromatic carbocycles. The summed E-state index contributed by atoms with van der Waals surface area (Å²) in [7, 11) is 1.92. The Hall–Kier alpha value is -3.16. The zero-order chi connectivity index (χ0) is 20.5. The predicted molar refractivity (Wildman–Crippen MR) is 103 cm³/mol. The van der Waals surface area contributed by atoms with Gasteiger partial charge in [0.1, 0.15) is 23.2 Å². The number of rotatable bonds is 3. The lowest BCUT2D eigenvalue weighted by Crippen LogP contribution is -2.39. The number of hydrogen-bond acceptors (Lipinski definition) is 4. The Kier molecular flexibility index (Phi) is 5.08. The van der Waals surface area contributed by atoms with Crippen LogP contribution in [0.1, 0.15) is 40.6 Å². The normalized spacial score (nSPS) is 16.8. The number of nitrogens with zero attached hydrogens (tertiary/aromatic N) is 5. The molecule has 1 atom stereocenters. The summed E-state index contributed by atoms with van der Waals surface area (Å²) in [6.45, 7) is 2.87. The highest BCUT2D eigenvalue weighted by Gasteiger charge is 2.29. The molecule has 1 amide bonds. The summed E-state index contributed by atoms with van der Waals surface area (Å²) in [4.78, 5) is 27.9. The number of likely N-dealkylation sites (tertiary alicyclic amines) is 1. The van der Waals surface area contributed by atoms with Gasteiger partial charge in [0.05, 0.1) is 17.6 Å². The average molecular weight is 397 g/mol. The largest absolute Gasteiger partial charge is 0.338 e. The van der Waals surface area contributed by atoms with Gasteiger partial charge in [-0.15, -0.1) is 0 Å². The molecule has 0 saturated carbocycles. The highest BCUT2D eigenvalue weighted by atomic mass is 19.1. The van der Waals surface area contributed by atoms with Crippen molar-refractivity contribution in [3.05, 3.63) is 65.5 Å². The first-order valence-electron chi connectivity index (χ1n) is 9.49. The first-order valence-corrected chi connectivity index (χ1v) is 9.49. The van der Waals surface area contributed by atoms with E-state index in [0.717, 1.165) is 53.9 Å². The Morgan fingerprint density at radius 2 is 1.83 bits per heavy atom. The molecule has 0 aliphatic carbocycles. The Morgan fingerprint density at radius 3 is 2.52 bits per heavy atom. The van der Waals surface area contributed by atoms with Crippen molar-refractivity contribution in [2.24, 2.45) is 7.05 Å². The maximum Gasteiger partial charge on any atom is 0.254 e. The molecule has 1 aliphatic rings. The van der Waals surface area contributed by atoms with E-state index in [0.29, 0.717) is 13.1 Å². The Balaban J connectivity index is 1.63. The summed E-state index contributed by atoms with van der Waals surface area (Å²) in [5, 5.41) is 0. The van der Waals surface area contributed by atoms with Gasteiger partial charge >= 0.3 is 0 Å². The molecule has 0 N–H and O–H groups in total. The third kappa shape index (κ3) is 3.74. The highest BCUT2D eigenvalue weighted by Crippen LogP contribution is 2.32. The Bertz CT molecular complexity index is 1040. The summed E-state index contributed by atoms with van der Waals surface area (Å²) >= 11 is 0. The van der Waals surface area contributed by atoms with Gasteiger partial charge < -0.3 is 9.47 Å². The van der Waals surface area contributed by atoms with Crippen molar-refractivity contribution in [1.82, 2.24) is 24.4 Å². The number of halogens is 2. The van der Waals surface area contributed by atoms with Crippen molar-refractivity contribution in [3.8, 4) is 11.4 Å². The summed E-state index contributed by atoms with van der Waals surface area (Å²) < 4.78 is 29.0. The van der Waals surface area contributed by atoms with Crippen LogP contribution in [0.5, 0.6) is 0 Å². The summed E-state index contributed by atoms with van der Waals surface area (Å²) in [5.74, 6) is -1.06. The number of imidazole rings is 1. The van der Waals surface area contributed by atoms with Crippen molar-refractivity contribution in [3.63, 3.8) is 0 Å². The summed E-state index contributed by atoms with van der Waals surface area (Å²) in [6, 6.07) is 2.90. The van der Waals surface area contributed by atoms with Crippen LogP contribution in [-0.4, -0.2) is 43.4 Å². The summed E-state index contributed by atoms with van der Waals surface area (Å²) in [6.07, 6.45) is 6.68. The quantitative estimate of drug-likeness (QED) is 0.679. The van der Waals surface area contributed by atoms with Gasteiger partial charge in [0, 0.05) is 50.1 Å². The van der Waals surface area contributed by atoms with E-state index in [1.54, 1.807) is 23.5 Å². The SMILES string of the molecule is Cc1ncc(-c2nccnc2[C@@H]2CCCN(C(=O)c3cc(F)cc(F)c3)C2)n1C. The summed E-state index contributed by atoms with van der Waals surface area (Å²) in [5.41, 5.74) is 2.43. The van der Waals surface area contributed by atoms with Crippen LogP contribution in [0.2, 0.25) is 0 Å². The fourth-order valence-electron chi connectivity index (χ4n) is 3.81. The predicted octanol–water partition coefficient (Wildman–Crippen LogP) is 3.48. The van der Waals surface area contributed by atoms with Gasteiger partial charge in [-0.1, -0.05) is 0 Å². The van der Waals surface area contributed by atoms with E-state index >= 15 is 0 Å². The van der Waals surface area contributed by atoms with Gasteiger partial charge in [-0.2, -0.15) is 0 Å². The molecular formula is C21H21F2N5O. The third-order valence-corrected chi connectivity index (χ3v) is 5.39. The van der Waals surface area contributed by atoms with Gasteiger partial charge in [0.25, 0.3) is 5.91 Å². The van der Waals surface area contributed by atoms with E-state index in [1.807, 2.05) is 18.5 Å². The van der Waals surface area contributed by atoms with Crippen LogP contribution in [0.15, 0.2) is 36.8 Å². The van der Waals surface area contributed by atoms with Crippen LogP contribution in [0.3, 0.4) is 0 Å². The van der Waals surface area contributed by atoms with Gasteiger partial charge in [0.2, 0.25) is 0 Å². The van der Waals surface area contributed by atoms with Crippen LogP contribution in [0.4, 0.5) is 8.78 Å². The van der Waals surface area contributed by atoms with E-state index in [1.165, 1.54) is 0 Å². The molecule has 150 valence electrons. The zero-order valence-electron chi connectivity index (χ0n) is 16.3. The lowest BCUT2D eigenvalue weighted by molar-refractivity contribution is 0.0705. The number of aryl methyl sites for hydroxylation is 1. The molecule has 1 aliphatic heterocycles. The van der Waals surface area contributed by atoms with Crippen LogP contribution in [0, 0.1) is 18.6 Å². The fourth-order valence-corrected chi connectivity index (χ4v) is 3.81. The Morgan fingerprint density at radius 1 is 1.10 bits per heavy atom. The second kappa shape index (κ2) is 7.69. The molecule has 6 nitrogen and oxygen atoms in total. The number of benzene rings is 1. The first kappa shape index (κ1) is 19.2. The molecule has 1 fully saturated rings. The number of hydrogen-bond donors (Lipinski definition) is 0. The minimum absolute atomic E-state index is 0.0183. The maximum absolute atomic E-state index is 13.5. The van der Waals surface area contributed by atoms with E-state index in [-0.39, 0.29) is 17.4 Å². The molecule has 3 aromatic rings.